The molecule has 63 heavy (non-hydrogen) atoms. The largest absolute Gasteiger partial charge is 0.508 e. The van der Waals surface area contributed by atoms with E-state index in [1.165, 1.54) is 23.3 Å². The standard InChI is InChI=1S/C41H41F3N10O9/c1-2-25-17-30(62-51-25)34-32(57)33(58)37(61-34)53-21-48-31-35(46-19-29(23-3-7-27(55)8-4-23)24-5-9-28(56)10-6-24)49-39(50-36(31)53)52-16-13-26(20-52)54(63-38(59)41(42,43)44)40(60)47-18-22-11-14-45-15-12-22/h3-12,14-15,17,21,26,29,32-34,37,55-58H,2,13,16,18-20H2,1H3,(H,47,60)(H,46,49,50)/t26-,32+,33-,34-,37-/m1/s1. The van der Waals surface area contributed by atoms with Gasteiger partial charge in [0.1, 0.15) is 29.8 Å². The van der Waals surface area contributed by atoms with E-state index >= 15 is 0 Å². The molecule has 0 aliphatic carbocycles. The number of hydroxylamine groups is 2. The number of urea groups is 1. The lowest BCUT2D eigenvalue weighted by atomic mass is 9.91. The van der Waals surface area contributed by atoms with Crippen molar-refractivity contribution in [3.63, 3.8) is 0 Å². The van der Waals surface area contributed by atoms with E-state index in [0.717, 1.165) is 11.1 Å². The number of aliphatic hydroxyl groups excluding tert-OH is 2. The van der Waals surface area contributed by atoms with E-state index in [1.807, 2.05) is 6.92 Å². The van der Waals surface area contributed by atoms with E-state index < -0.39 is 48.8 Å². The number of phenols is 2. The van der Waals surface area contributed by atoms with Crippen LogP contribution in [-0.2, 0) is 27.3 Å². The lowest BCUT2D eigenvalue weighted by Crippen LogP contribution is -2.49. The zero-order valence-corrected chi connectivity index (χ0v) is 33.3. The first-order valence-corrected chi connectivity index (χ1v) is 19.8. The number of nitrogens with one attached hydrogen (secondary N) is 2. The van der Waals surface area contributed by atoms with Crippen molar-refractivity contribution >= 4 is 34.9 Å². The van der Waals surface area contributed by atoms with Crippen molar-refractivity contribution in [3.8, 4) is 11.5 Å². The van der Waals surface area contributed by atoms with Gasteiger partial charge in [0.25, 0.3) is 0 Å². The summed E-state index contributed by atoms with van der Waals surface area (Å²) in [5, 5.41) is 52.7. The Balaban J connectivity index is 1.13. The van der Waals surface area contributed by atoms with Gasteiger partial charge in [0.05, 0.1) is 18.1 Å². The summed E-state index contributed by atoms with van der Waals surface area (Å²) >= 11 is 0. The fraction of sp³-hybridized carbons (Fsp3) is 0.341. The second kappa shape index (κ2) is 17.7. The molecular formula is C41H41F3N10O9. The quantitative estimate of drug-likeness (QED) is 0.0942. The zero-order valence-electron chi connectivity index (χ0n) is 33.3. The molecule has 5 atom stereocenters. The number of hydrogen-bond donors (Lipinski definition) is 6. The predicted molar refractivity (Wildman–Crippen MR) is 214 cm³/mol. The minimum atomic E-state index is -5.40. The van der Waals surface area contributed by atoms with Gasteiger partial charge < -0.3 is 50.1 Å². The molecule has 2 aliphatic rings. The number of benzene rings is 2. The fourth-order valence-corrected chi connectivity index (χ4v) is 7.44. The lowest BCUT2D eigenvalue weighted by Gasteiger charge is -2.27. The number of rotatable bonds is 12. The number of aryl methyl sites for hydroxylation is 1. The minimum absolute atomic E-state index is 0.0202. The SMILES string of the molecule is CCc1cc([C@H]2O[C@@H](n3cnc4c(NCC(c5ccc(O)cc5)c5ccc(O)cc5)nc(N5CC[C@@H](N(OC(=O)C(F)(F)F)C(=O)NCc6ccncc6)C5)nc43)[C@H](O)[C@@H]2O)on1. The monoisotopic (exact) mass is 874 g/mol. The Morgan fingerprint density at radius 1 is 0.984 bits per heavy atom. The molecule has 2 saturated heterocycles. The van der Waals surface area contributed by atoms with Gasteiger partial charge in [0, 0.05) is 50.6 Å². The van der Waals surface area contributed by atoms with Crippen LogP contribution in [0.1, 0.15) is 59.7 Å². The molecule has 2 fully saturated rings. The van der Waals surface area contributed by atoms with Crippen LogP contribution in [0.3, 0.4) is 0 Å². The average molecular weight is 875 g/mol. The van der Waals surface area contributed by atoms with Gasteiger partial charge >= 0.3 is 18.2 Å². The van der Waals surface area contributed by atoms with E-state index in [0.29, 0.717) is 22.7 Å². The topological polar surface area (TPSA) is 247 Å². The van der Waals surface area contributed by atoms with Crippen LogP contribution >= 0.6 is 0 Å². The van der Waals surface area contributed by atoms with Crippen molar-refractivity contribution in [2.24, 2.45) is 0 Å². The van der Waals surface area contributed by atoms with Crippen molar-refractivity contribution in [3.05, 3.63) is 114 Å². The second-order valence-electron chi connectivity index (χ2n) is 14.9. The molecule has 6 heterocycles. The highest BCUT2D eigenvalue weighted by Gasteiger charge is 2.48. The normalized spacial score (nSPS) is 20.0. The highest BCUT2D eigenvalue weighted by molar-refractivity contribution is 5.85. The number of alkyl halides is 3. The Hall–Kier alpha value is -7.04. The zero-order chi connectivity index (χ0) is 44.4. The number of ether oxygens (including phenoxy) is 1. The number of halogens is 3. The third-order valence-electron chi connectivity index (χ3n) is 10.8. The molecule has 22 heteroatoms. The van der Waals surface area contributed by atoms with Crippen LogP contribution in [-0.4, -0.2) is 111 Å². The number of hydrogen-bond acceptors (Lipinski definition) is 16. The van der Waals surface area contributed by atoms with Crippen LogP contribution in [0.25, 0.3) is 11.2 Å². The number of imidazole rings is 1. The highest BCUT2D eigenvalue weighted by Crippen LogP contribution is 2.41. The number of carbonyl (C=O) groups excluding carboxylic acids is 2. The lowest BCUT2D eigenvalue weighted by molar-refractivity contribution is -0.232. The second-order valence-corrected chi connectivity index (χ2v) is 14.9. The molecule has 0 spiro atoms. The van der Waals surface area contributed by atoms with Gasteiger partial charge in [-0.25, -0.2) is 14.6 Å². The number of fused-ring (bicyclic) bond motifs is 1. The predicted octanol–water partition coefficient (Wildman–Crippen LogP) is 4.23. The van der Waals surface area contributed by atoms with Crippen LogP contribution in [0.4, 0.5) is 29.7 Å². The van der Waals surface area contributed by atoms with Gasteiger partial charge in [0.15, 0.2) is 29.0 Å². The van der Waals surface area contributed by atoms with Gasteiger partial charge in [-0.2, -0.15) is 23.1 Å². The Labute approximate surface area is 355 Å². The number of aromatic hydroxyl groups is 2. The molecule has 0 unspecified atom stereocenters. The first-order chi connectivity index (χ1) is 30.3. The molecular weight excluding hydrogens is 834 g/mol. The third-order valence-corrected chi connectivity index (χ3v) is 10.8. The first-order valence-electron chi connectivity index (χ1n) is 19.8. The summed E-state index contributed by atoms with van der Waals surface area (Å²) in [5.74, 6) is -2.45. The first kappa shape index (κ1) is 42.6. The molecule has 19 nitrogen and oxygen atoms in total. The molecule has 0 saturated carbocycles. The van der Waals surface area contributed by atoms with Crippen molar-refractivity contribution in [1.82, 2.24) is 40.0 Å². The number of carbonyl (C=O) groups is 2. The van der Waals surface area contributed by atoms with Crippen molar-refractivity contribution in [2.45, 2.75) is 69.0 Å². The summed E-state index contributed by atoms with van der Waals surface area (Å²) in [7, 11) is 0. The van der Waals surface area contributed by atoms with Gasteiger partial charge in [-0.3, -0.25) is 9.55 Å². The smallest absolute Gasteiger partial charge is 0.493 e. The number of nitrogens with zero attached hydrogens (tertiary/aromatic N) is 8. The molecule has 2 aromatic carbocycles. The van der Waals surface area contributed by atoms with Gasteiger partial charge in [-0.05, 0) is 65.9 Å². The maximum Gasteiger partial charge on any atom is 0.493 e. The molecule has 6 aromatic rings. The van der Waals surface area contributed by atoms with E-state index in [1.54, 1.807) is 71.6 Å². The summed E-state index contributed by atoms with van der Waals surface area (Å²) in [6.45, 7) is 1.83. The van der Waals surface area contributed by atoms with Crippen molar-refractivity contribution in [1.29, 1.82) is 0 Å². The maximum absolute atomic E-state index is 13.5. The maximum atomic E-state index is 13.5. The highest BCUT2D eigenvalue weighted by atomic mass is 19.4. The summed E-state index contributed by atoms with van der Waals surface area (Å²) < 4.78 is 53.5. The molecule has 330 valence electrons. The number of aliphatic hydroxyl groups is 2. The molecule has 2 aliphatic heterocycles. The number of anilines is 2. The number of amides is 2. The van der Waals surface area contributed by atoms with E-state index in [9.17, 15) is 43.2 Å². The van der Waals surface area contributed by atoms with Crippen LogP contribution in [0.15, 0.2) is 90.0 Å². The fourth-order valence-electron chi connectivity index (χ4n) is 7.44. The summed E-state index contributed by atoms with van der Waals surface area (Å²) in [6, 6.07) is 15.8. The Morgan fingerprint density at radius 3 is 2.30 bits per heavy atom. The van der Waals surface area contributed by atoms with Crippen molar-refractivity contribution < 1.29 is 57.3 Å². The summed E-state index contributed by atoms with van der Waals surface area (Å²) in [6.07, 6.45) is -5.85. The summed E-state index contributed by atoms with van der Waals surface area (Å²) in [4.78, 5) is 49.8. The number of aromatic nitrogens is 6. The van der Waals surface area contributed by atoms with E-state index in [-0.39, 0.29) is 78.7 Å². The van der Waals surface area contributed by atoms with Crippen LogP contribution in [0, 0.1) is 0 Å². The molecule has 8 rings (SSSR count). The Bertz CT molecular complexity index is 2500. The Kier molecular flexibility index (Phi) is 12.0. The third kappa shape index (κ3) is 9.13. The Morgan fingerprint density at radius 2 is 1.67 bits per heavy atom. The van der Waals surface area contributed by atoms with Gasteiger partial charge in [0.2, 0.25) is 5.95 Å². The molecule has 0 bridgehead atoms. The van der Waals surface area contributed by atoms with Crippen LogP contribution in [0.2, 0.25) is 0 Å². The number of phenolic OH excluding ortho intramolecular Hbond substituents is 2. The number of pyridine rings is 1. The van der Waals surface area contributed by atoms with Crippen LogP contribution in [0.5, 0.6) is 11.5 Å². The average Bonchev–Trinajstić information content (AvgIpc) is 4.10. The molecule has 6 N–H and O–H groups in total. The molecule has 2 amide bonds. The van der Waals surface area contributed by atoms with Crippen LogP contribution < -0.4 is 15.5 Å². The van der Waals surface area contributed by atoms with E-state index in [4.69, 9.17) is 19.2 Å². The molecule has 4 aromatic heterocycles. The summed E-state index contributed by atoms with van der Waals surface area (Å²) in [5.41, 5.74) is 3.12. The van der Waals surface area contributed by atoms with Gasteiger partial charge in [-0.1, -0.05) is 36.3 Å². The van der Waals surface area contributed by atoms with E-state index in [2.05, 4.69) is 30.6 Å². The minimum Gasteiger partial charge on any atom is -0.508 e. The van der Waals surface area contributed by atoms with Gasteiger partial charge in [-0.15, -0.1) is 5.06 Å². The molecule has 0 radical (unpaired) electrons. The van der Waals surface area contributed by atoms with Crippen molar-refractivity contribution in [2.75, 3.05) is 29.9 Å².